The molecule has 4 nitrogen and oxygen atoms in total. The Bertz CT molecular complexity index is 495. The van der Waals surface area contributed by atoms with Gasteiger partial charge in [-0.3, -0.25) is 4.79 Å². The molecule has 1 aromatic rings. The van der Waals surface area contributed by atoms with Crippen molar-refractivity contribution in [3.05, 3.63) is 29.8 Å². The van der Waals surface area contributed by atoms with E-state index in [9.17, 15) is 4.79 Å². The van der Waals surface area contributed by atoms with Gasteiger partial charge in [-0.15, -0.1) is 0 Å². The smallest absolute Gasteiger partial charge is 0.227 e. The normalized spacial score (nSPS) is 28.6. The van der Waals surface area contributed by atoms with E-state index in [2.05, 4.69) is 17.6 Å². The first kappa shape index (κ1) is 13.4. The van der Waals surface area contributed by atoms with Gasteiger partial charge in [0.2, 0.25) is 5.91 Å². The summed E-state index contributed by atoms with van der Waals surface area (Å²) in [7, 11) is 0. The number of anilines is 1. The second-order valence-corrected chi connectivity index (χ2v) is 5.98. The standard InChI is InChI=1S/C16H22N2O2/c1-16(8-4-10-20-16)11-18-15(19)13-7-9-17-14-6-3-2-5-12(13)14/h2-3,5-6,13,17H,4,7-11H2,1H3,(H,18,19). The molecule has 2 aliphatic rings. The van der Waals surface area contributed by atoms with E-state index in [0.717, 1.165) is 43.7 Å². The van der Waals surface area contributed by atoms with Gasteiger partial charge in [0.15, 0.2) is 0 Å². The van der Waals surface area contributed by atoms with Crippen LogP contribution in [0.15, 0.2) is 24.3 Å². The lowest BCUT2D eigenvalue weighted by molar-refractivity contribution is -0.124. The number of benzene rings is 1. The van der Waals surface area contributed by atoms with E-state index in [0.29, 0.717) is 6.54 Å². The number of carbonyl (C=O) groups excluding carboxylic acids is 1. The summed E-state index contributed by atoms with van der Waals surface area (Å²) in [6, 6.07) is 8.07. The highest BCUT2D eigenvalue weighted by molar-refractivity contribution is 5.86. The van der Waals surface area contributed by atoms with Crippen LogP contribution in [0.4, 0.5) is 5.69 Å². The van der Waals surface area contributed by atoms with Crippen LogP contribution in [0, 0.1) is 0 Å². The molecule has 0 saturated carbocycles. The molecule has 2 N–H and O–H groups in total. The monoisotopic (exact) mass is 274 g/mol. The minimum Gasteiger partial charge on any atom is -0.385 e. The van der Waals surface area contributed by atoms with E-state index in [4.69, 9.17) is 4.74 Å². The maximum absolute atomic E-state index is 12.5. The van der Waals surface area contributed by atoms with Gasteiger partial charge in [-0.2, -0.15) is 0 Å². The van der Waals surface area contributed by atoms with Crippen LogP contribution < -0.4 is 10.6 Å². The van der Waals surface area contributed by atoms with Crippen LogP contribution in [-0.4, -0.2) is 31.2 Å². The third-order valence-corrected chi connectivity index (χ3v) is 4.34. The summed E-state index contributed by atoms with van der Waals surface area (Å²) in [5, 5.41) is 6.43. The van der Waals surface area contributed by atoms with E-state index in [-0.39, 0.29) is 17.4 Å². The molecule has 1 saturated heterocycles. The van der Waals surface area contributed by atoms with E-state index < -0.39 is 0 Å². The number of carbonyl (C=O) groups is 1. The Labute approximate surface area is 119 Å². The fourth-order valence-electron chi connectivity index (χ4n) is 3.11. The molecule has 1 fully saturated rings. The number of para-hydroxylation sites is 1. The molecule has 0 aromatic heterocycles. The molecule has 3 rings (SSSR count). The summed E-state index contributed by atoms with van der Waals surface area (Å²) < 4.78 is 5.72. The van der Waals surface area contributed by atoms with Crippen molar-refractivity contribution < 1.29 is 9.53 Å². The summed E-state index contributed by atoms with van der Waals surface area (Å²) in [5.41, 5.74) is 2.01. The number of nitrogens with one attached hydrogen (secondary N) is 2. The zero-order valence-electron chi connectivity index (χ0n) is 11.9. The Kier molecular flexibility index (Phi) is 3.66. The maximum atomic E-state index is 12.5. The van der Waals surface area contributed by atoms with Crippen molar-refractivity contribution in [1.82, 2.24) is 5.32 Å². The molecule has 20 heavy (non-hydrogen) atoms. The Balaban J connectivity index is 1.66. The van der Waals surface area contributed by atoms with Gasteiger partial charge >= 0.3 is 0 Å². The highest BCUT2D eigenvalue weighted by atomic mass is 16.5. The maximum Gasteiger partial charge on any atom is 0.227 e. The minimum atomic E-state index is -0.178. The fraction of sp³-hybridized carbons (Fsp3) is 0.562. The number of hydrogen-bond donors (Lipinski definition) is 2. The quantitative estimate of drug-likeness (QED) is 0.889. The van der Waals surface area contributed by atoms with Gasteiger partial charge in [-0.1, -0.05) is 18.2 Å². The van der Waals surface area contributed by atoms with E-state index in [1.165, 1.54) is 0 Å². The van der Waals surface area contributed by atoms with Crippen molar-refractivity contribution in [2.45, 2.75) is 37.7 Å². The van der Waals surface area contributed by atoms with Crippen molar-refractivity contribution in [3.63, 3.8) is 0 Å². The molecule has 0 bridgehead atoms. The molecule has 2 unspecified atom stereocenters. The van der Waals surface area contributed by atoms with Gasteiger partial charge in [-0.05, 0) is 37.8 Å². The number of fused-ring (bicyclic) bond motifs is 1. The predicted molar refractivity (Wildman–Crippen MR) is 78.9 cm³/mol. The number of ether oxygens (including phenoxy) is 1. The first-order valence-electron chi connectivity index (χ1n) is 7.42. The van der Waals surface area contributed by atoms with Crippen LogP contribution in [0.2, 0.25) is 0 Å². The van der Waals surface area contributed by atoms with Crippen molar-refractivity contribution in [2.75, 3.05) is 25.0 Å². The van der Waals surface area contributed by atoms with Crippen LogP contribution in [0.1, 0.15) is 37.7 Å². The third kappa shape index (κ3) is 2.66. The molecule has 108 valence electrons. The van der Waals surface area contributed by atoms with E-state index in [1.807, 2.05) is 24.3 Å². The van der Waals surface area contributed by atoms with Gasteiger partial charge in [0.25, 0.3) is 0 Å². The predicted octanol–water partition coefficient (Wildman–Crippen LogP) is 2.27. The molecule has 0 aliphatic carbocycles. The lowest BCUT2D eigenvalue weighted by atomic mass is 9.90. The highest BCUT2D eigenvalue weighted by Crippen LogP contribution is 2.31. The molecular weight excluding hydrogens is 252 g/mol. The van der Waals surface area contributed by atoms with Gasteiger partial charge in [0.05, 0.1) is 11.5 Å². The highest BCUT2D eigenvalue weighted by Gasteiger charge is 2.32. The van der Waals surface area contributed by atoms with Gasteiger partial charge < -0.3 is 15.4 Å². The lowest BCUT2D eigenvalue weighted by Gasteiger charge is -2.28. The second-order valence-electron chi connectivity index (χ2n) is 5.98. The number of hydrogen-bond acceptors (Lipinski definition) is 3. The average molecular weight is 274 g/mol. The molecule has 2 atom stereocenters. The SMILES string of the molecule is CC1(CNC(=O)C2CCNc3ccccc32)CCCO1. The Hall–Kier alpha value is -1.55. The van der Waals surface area contributed by atoms with Crippen LogP contribution in [0.3, 0.4) is 0 Å². The summed E-state index contributed by atoms with van der Waals surface area (Å²) >= 11 is 0. The number of amides is 1. The Morgan fingerprint density at radius 1 is 1.50 bits per heavy atom. The van der Waals surface area contributed by atoms with Crippen molar-refractivity contribution >= 4 is 11.6 Å². The third-order valence-electron chi connectivity index (χ3n) is 4.34. The Morgan fingerprint density at radius 2 is 2.35 bits per heavy atom. The lowest BCUT2D eigenvalue weighted by Crippen LogP contribution is -2.42. The zero-order valence-corrected chi connectivity index (χ0v) is 11.9. The molecule has 2 aliphatic heterocycles. The largest absolute Gasteiger partial charge is 0.385 e. The summed E-state index contributed by atoms with van der Waals surface area (Å²) in [4.78, 5) is 12.5. The first-order valence-corrected chi connectivity index (χ1v) is 7.42. The molecule has 1 aromatic carbocycles. The topological polar surface area (TPSA) is 50.4 Å². The van der Waals surface area contributed by atoms with E-state index >= 15 is 0 Å². The van der Waals surface area contributed by atoms with E-state index in [1.54, 1.807) is 0 Å². The average Bonchev–Trinajstić information content (AvgIpc) is 2.91. The fourth-order valence-corrected chi connectivity index (χ4v) is 3.11. The van der Waals surface area contributed by atoms with Crippen LogP contribution >= 0.6 is 0 Å². The molecular formula is C16H22N2O2. The minimum absolute atomic E-state index is 0.0440. The first-order chi connectivity index (χ1) is 9.68. The Morgan fingerprint density at radius 3 is 3.15 bits per heavy atom. The van der Waals surface area contributed by atoms with Crippen LogP contribution in [0.5, 0.6) is 0 Å². The van der Waals surface area contributed by atoms with Gasteiger partial charge in [0, 0.05) is 25.4 Å². The molecule has 0 radical (unpaired) electrons. The van der Waals surface area contributed by atoms with Crippen LogP contribution in [0.25, 0.3) is 0 Å². The molecule has 4 heteroatoms. The molecule has 1 amide bonds. The molecule has 0 spiro atoms. The molecule has 2 heterocycles. The van der Waals surface area contributed by atoms with Crippen molar-refractivity contribution in [1.29, 1.82) is 0 Å². The summed E-state index contributed by atoms with van der Waals surface area (Å²) in [6.45, 7) is 4.35. The second kappa shape index (κ2) is 5.44. The van der Waals surface area contributed by atoms with Crippen molar-refractivity contribution in [2.24, 2.45) is 0 Å². The van der Waals surface area contributed by atoms with Crippen LogP contribution in [-0.2, 0) is 9.53 Å². The van der Waals surface area contributed by atoms with Gasteiger partial charge in [-0.25, -0.2) is 0 Å². The van der Waals surface area contributed by atoms with Gasteiger partial charge in [0.1, 0.15) is 0 Å². The number of rotatable bonds is 3. The summed E-state index contributed by atoms with van der Waals surface area (Å²) in [5.74, 6) is 0.0770. The summed E-state index contributed by atoms with van der Waals surface area (Å²) in [6.07, 6.45) is 2.96. The zero-order chi connectivity index (χ0) is 14.0. The van der Waals surface area contributed by atoms with Crippen molar-refractivity contribution in [3.8, 4) is 0 Å².